The van der Waals surface area contributed by atoms with E-state index in [9.17, 15) is 17.6 Å². The van der Waals surface area contributed by atoms with Crippen molar-refractivity contribution >= 4 is 0 Å². The van der Waals surface area contributed by atoms with E-state index in [2.05, 4.69) is 0 Å². The van der Waals surface area contributed by atoms with Gasteiger partial charge in [-0.1, -0.05) is 0 Å². The van der Waals surface area contributed by atoms with Gasteiger partial charge in [0, 0.05) is 18.9 Å². The van der Waals surface area contributed by atoms with Crippen molar-refractivity contribution in [3.8, 4) is 0 Å². The van der Waals surface area contributed by atoms with Gasteiger partial charge in [-0.2, -0.15) is 0 Å². The molecule has 0 saturated heterocycles. The lowest BCUT2D eigenvalue weighted by atomic mass is 9.80. The maximum atomic E-state index is 13.5. The molecule has 1 aliphatic carbocycles. The summed E-state index contributed by atoms with van der Waals surface area (Å²) in [6.45, 7) is 0. The second-order valence-corrected chi connectivity index (χ2v) is 5.30. The molecule has 1 unspecified atom stereocenters. The summed E-state index contributed by atoms with van der Waals surface area (Å²) in [5, 5.41) is 0. The maximum absolute atomic E-state index is 13.5. The fourth-order valence-electron chi connectivity index (χ4n) is 2.61. The predicted molar refractivity (Wildman–Crippen MR) is 64.9 cm³/mol. The van der Waals surface area contributed by atoms with Crippen LogP contribution in [0.1, 0.15) is 31.2 Å². The first-order valence-corrected chi connectivity index (χ1v) is 6.45. The van der Waals surface area contributed by atoms with E-state index < -0.39 is 23.6 Å². The molecular weight excluding hydrogens is 258 g/mol. The Morgan fingerprint density at radius 3 is 2.47 bits per heavy atom. The van der Waals surface area contributed by atoms with Crippen LogP contribution in [0.5, 0.6) is 0 Å². The minimum atomic E-state index is -2.60. The smallest absolute Gasteiger partial charge is 0.248 e. The van der Waals surface area contributed by atoms with Crippen molar-refractivity contribution < 1.29 is 17.6 Å². The van der Waals surface area contributed by atoms with Crippen molar-refractivity contribution in [2.24, 2.45) is 11.7 Å². The lowest BCUT2D eigenvalue weighted by Crippen LogP contribution is -2.37. The minimum Gasteiger partial charge on any atom is -0.327 e. The highest BCUT2D eigenvalue weighted by Gasteiger charge is 2.36. The van der Waals surface area contributed by atoms with Crippen LogP contribution in [-0.2, 0) is 6.42 Å². The van der Waals surface area contributed by atoms with E-state index in [1.807, 2.05) is 0 Å². The number of hydrogen-bond acceptors (Lipinski definition) is 1. The summed E-state index contributed by atoms with van der Waals surface area (Å²) in [6.07, 6.45) is 0.518. The summed E-state index contributed by atoms with van der Waals surface area (Å²) in [7, 11) is 0. The van der Waals surface area contributed by atoms with E-state index in [0.717, 1.165) is 18.2 Å². The summed E-state index contributed by atoms with van der Waals surface area (Å²) >= 11 is 0. The molecule has 0 bridgehead atoms. The first-order chi connectivity index (χ1) is 8.87. The number of nitrogens with two attached hydrogens (primary N) is 1. The van der Waals surface area contributed by atoms with Crippen molar-refractivity contribution in [3.05, 3.63) is 35.4 Å². The number of hydrogen-bond donors (Lipinski definition) is 1. The Labute approximate surface area is 109 Å². The molecule has 2 N–H and O–H groups in total. The molecule has 1 aromatic rings. The molecule has 1 aliphatic rings. The number of alkyl halides is 2. The van der Waals surface area contributed by atoms with Crippen LogP contribution in [0, 0.1) is 17.6 Å². The molecule has 1 nitrogen and oxygen atoms in total. The maximum Gasteiger partial charge on any atom is 0.248 e. The topological polar surface area (TPSA) is 26.0 Å². The second-order valence-electron chi connectivity index (χ2n) is 5.30. The Morgan fingerprint density at radius 2 is 1.84 bits per heavy atom. The van der Waals surface area contributed by atoms with Gasteiger partial charge in [-0.3, -0.25) is 0 Å². The van der Waals surface area contributed by atoms with Crippen molar-refractivity contribution in [1.29, 1.82) is 0 Å². The molecule has 1 fully saturated rings. The molecule has 0 radical (unpaired) electrons. The van der Waals surface area contributed by atoms with Gasteiger partial charge in [-0.05, 0) is 48.9 Å². The van der Waals surface area contributed by atoms with Gasteiger partial charge in [0.15, 0.2) is 0 Å². The van der Waals surface area contributed by atoms with Gasteiger partial charge in [0.2, 0.25) is 5.92 Å². The fourth-order valence-corrected chi connectivity index (χ4v) is 2.61. The molecule has 0 amide bonds. The molecule has 2 rings (SSSR count). The van der Waals surface area contributed by atoms with Crippen molar-refractivity contribution in [3.63, 3.8) is 0 Å². The highest BCUT2D eigenvalue weighted by atomic mass is 19.3. The van der Waals surface area contributed by atoms with E-state index in [0.29, 0.717) is 12.8 Å². The number of halogens is 4. The summed E-state index contributed by atoms with van der Waals surface area (Å²) in [5.74, 6) is -3.67. The van der Waals surface area contributed by atoms with E-state index in [-0.39, 0.29) is 30.7 Å². The minimum absolute atomic E-state index is 0.0534. The first-order valence-electron chi connectivity index (χ1n) is 6.45. The van der Waals surface area contributed by atoms with E-state index in [1.165, 1.54) is 0 Å². The second kappa shape index (κ2) is 5.49. The van der Waals surface area contributed by atoms with Gasteiger partial charge >= 0.3 is 0 Å². The zero-order chi connectivity index (χ0) is 14.0. The Kier molecular flexibility index (Phi) is 4.13. The normalized spacial score (nSPS) is 21.3. The third-order valence-corrected chi connectivity index (χ3v) is 3.83. The monoisotopic (exact) mass is 275 g/mol. The summed E-state index contributed by atoms with van der Waals surface area (Å²) in [4.78, 5) is 0. The number of benzene rings is 1. The molecule has 0 spiro atoms. The average molecular weight is 275 g/mol. The standard InChI is InChI=1S/C14H17F4N/c15-11-1-2-12(16)10(7-11)8-13(19)9-3-5-14(17,18)6-4-9/h1-2,7,9,13H,3-6,8,19H2. The Balaban J connectivity index is 1.98. The Hall–Kier alpha value is -1.10. The first kappa shape index (κ1) is 14.3. The van der Waals surface area contributed by atoms with E-state index in [1.54, 1.807) is 0 Å². The van der Waals surface area contributed by atoms with Crippen LogP contribution in [0.15, 0.2) is 18.2 Å². The van der Waals surface area contributed by atoms with Crippen molar-refractivity contribution in [2.45, 2.75) is 44.1 Å². The van der Waals surface area contributed by atoms with Gasteiger partial charge in [0.25, 0.3) is 0 Å². The third-order valence-electron chi connectivity index (χ3n) is 3.83. The Bertz CT molecular complexity index is 437. The summed E-state index contributed by atoms with van der Waals surface area (Å²) in [6, 6.07) is 2.82. The highest BCUT2D eigenvalue weighted by Crippen LogP contribution is 2.37. The van der Waals surface area contributed by atoms with Gasteiger partial charge < -0.3 is 5.73 Å². The lowest BCUT2D eigenvalue weighted by Gasteiger charge is -2.32. The van der Waals surface area contributed by atoms with Crippen LogP contribution in [0.2, 0.25) is 0 Å². The van der Waals surface area contributed by atoms with Gasteiger partial charge in [0.1, 0.15) is 11.6 Å². The molecule has 1 saturated carbocycles. The van der Waals surface area contributed by atoms with E-state index >= 15 is 0 Å². The Morgan fingerprint density at radius 1 is 1.21 bits per heavy atom. The largest absolute Gasteiger partial charge is 0.327 e. The van der Waals surface area contributed by atoms with Crippen LogP contribution >= 0.6 is 0 Å². The lowest BCUT2D eigenvalue weighted by molar-refractivity contribution is -0.0481. The molecule has 19 heavy (non-hydrogen) atoms. The molecule has 0 aromatic heterocycles. The zero-order valence-electron chi connectivity index (χ0n) is 10.5. The number of rotatable bonds is 3. The molecule has 106 valence electrons. The van der Waals surface area contributed by atoms with Gasteiger partial charge in [0.05, 0.1) is 0 Å². The average Bonchev–Trinajstić information content (AvgIpc) is 2.33. The van der Waals surface area contributed by atoms with Gasteiger partial charge in [-0.15, -0.1) is 0 Å². The van der Waals surface area contributed by atoms with Crippen LogP contribution in [-0.4, -0.2) is 12.0 Å². The predicted octanol–water partition coefficient (Wildman–Crippen LogP) is 3.66. The highest BCUT2D eigenvalue weighted by molar-refractivity contribution is 5.20. The van der Waals surface area contributed by atoms with Crippen LogP contribution < -0.4 is 5.73 Å². The molecule has 1 aromatic carbocycles. The molecule has 0 heterocycles. The summed E-state index contributed by atoms with van der Waals surface area (Å²) < 4.78 is 52.6. The zero-order valence-corrected chi connectivity index (χ0v) is 10.5. The van der Waals surface area contributed by atoms with Gasteiger partial charge in [-0.25, -0.2) is 17.6 Å². The summed E-state index contributed by atoms with van der Waals surface area (Å²) in [5.41, 5.74) is 6.17. The molecular formula is C14H17F4N. The quantitative estimate of drug-likeness (QED) is 0.837. The van der Waals surface area contributed by atoms with Crippen LogP contribution in [0.3, 0.4) is 0 Å². The van der Waals surface area contributed by atoms with Crippen molar-refractivity contribution in [1.82, 2.24) is 0 Å². The van der Waals surface area contributed by atoms with Crippen molar-refractivity contribution in [2.75, 3.05) is 0 Å². The fraction of sp³-hybridized carbons (Fsp3) is 0.571. The third kappa shape index (κ3) is 3.69. The SMILES string of the molecule is NC(Cc1cc(F)ccc1F)C1CCC(F)(F)CC1. The molecule has 1 atom stereocenters. The van der Waals surface area contributed by atoms with Crippen LogP contribution in [0.4, 0.5) is 17.6 Å². The van der Waals surface area contributed by atoms with E-state index in [4.69, 9.17) is 5.73 Å². The molecule has 0 aliphatic heterocycles. The van der Waals surface area contributed by atoms with Crippen LogP contribution in [0.25, 0.3) is 0 Å². The molecule has 5 heteroatoms.